The smallest absolute Gasteiger partial charge is 0.299 e. The third-order valence-corrected chi connectivity index (χ3v) is 7.82. The molecule has 3 amide bonds. The van der Waals surface area contributed by atoms with Gasteiger partial charge in [0.25, 0.3) is 17.6 Å². The number of amides is 3. The highest BCUT2D eigenvalue weighted by atomic mass is 16.2. The second kappa shape index (κ2) is 13.0. The Balaban J connectivity index is 1.54. The highest BCUT2D eigenvalue weighted by molar-refractivity contribution is 6.52. The van der Waals surface area contributed by atoms with Gasteiger partial charge in [-0.05, 0) is 59.0 Å². The summed E-state index contributed by atoms with van der Waals surface area (Å²) in [5.74, 6) is -1.99. The fourth-order valence-corrected chi connectivity index (χ4v) is 5.32. The molecule has 0 aliphatic carbocycles. The van der Waals surface area contributed by atoms with Crippen molar-refractivity contribution in [3.05, 3.63) is 125 Å². The number of hydrogen-bond donors (Lipinski definition) is 1. The van der Waals surface area contributed by atoms with Crippen molar-refractivity contribution in [3.8, 4) is 0 Å². The first kappa shape index (κ1) is 30.2. The molecule has 8 nitrogen and oxygen atoms in total. The summed E-state index contributed by atoms with van der Waals surface area (Å²) in [6.07, 6.45) is 0. The molecule has 5 rings (SSSR count). The van der Waals surface area contributed by atoms with E-state index in [4.69, 9.17) is 0 Å². The highest BCUT2D eigenvalue weighted by Gasteiger charge is 2.39. The number of nitrogens with one attached hydrogen (secondary N) is 1. The van der Waals surface area contributed by atoms with Gasteiger partial charge >= 0.3 is 0 Å². The summed E-state index contributed by atoms with van der Waals surface area (Å²) in [5, 5.41) is 3.00. The number of Topliss-reactive ketones (excluding diaryl/α,β-unsaturated/α-hetero) is 1. The van der Waals surface area contributed by atoms with E-state index >= 15 is 0 Å². The van der Waals surface area contributed by atoms with E-state index in [2.05, 4.69) is 19.2 Å². The van der Waals surface area contributed by atoms with Crippen LogP contribution in [0.5, 0.6) is 0 Å². The van der Waals surface area contributed by atoms with Crippen LogP contribution >= 0.6 is 0 Å². The van der Waals surface area contributed by atoms with Crippen LogP contribution in [0.4, 0.5) is 17.1 Å². The average Bonchev–Trinajstić information content (AvgIpc) is 3.26. The molecule has 0 fully saturated rings. The SMILES string of the molecule is CC(C)c1ccc(C(C(=O)Nc2ccc(N(C)C)cc2)N(Cc2ccccc2)C(=O)CN2C(=O)C(=O)c3ccccc32)cc1. The van der Waals surface area contributed by atoms with Crippen LogP contribution < -0.4 is 15.1 Å². The molecular formula is C36H36N4O4. The molecule has 0 aromatic heterocycles. The van der Waals surface area contributed by atoms with Gasteiger partial charge in [0.2, 0.25) is 5.91 Å². The minimum absolute atomic E-state index is 0.112. The topological polar surface area (TPSA) is 90.0 Å². The van der Waals surface area contributed by atoms with Gasteiger partial charge in [-0.15, -0.1) is 0 Å². The Morgan fingerprint density at radius 1 is 0.773 bits per heavy atom. The van der Waals surface area contributed by atoms with Crippen molar-refractivity contribution in [1.29, 1.82) is 0 Å². The van der Waals surface area contributed by atoms with Gasteiger partial charge in [-0.25, -0.2) is 0 Å². The molecule has 0 spiro atoms. The van der Waals surface area contributed by atoms with Gasteiger partial charge < -0.3 is 15.1 Å². The summed E-state index contributed by atoms with van der Waals surface area (Å²) >= 11 is 0. The lowest BCUT2D eigenvalue weighted by molar-refractivity contribution is -0.139. The van der Waals surface area contributed by atoms with E-state index in [1.807, 2.05) is 97.9 Å². The predicted octanol–water partition coefficient (Wildman–Crippen LogP) is 5.81. The van der Waals surface area contributed by atoms with Crippen molar-refractivity contribution in [2.45, 2.75) is 32.4 Å². The molecule has 4 aromatic rings. The lowest BCUT2D eigenvalue weighted by Gasteiger charge is -2.33. The molecule has 224 valence electrons. The largest absolute Gasteiger partial charge is 0.378 e. The van der Waals surface area contributed by atoms with E-state index in [1.54, 1.807) is 24.3 Å². The van der Waals surface area contributed by atoms with Crippen molar-refractivity contribution in [2.24, 2.45) is 0 Å². The first-order valence-corrected chi connectivity index (χ1v) is 14.6. The zero-order valence-electron chi connectivity index (χ0n) is 25.4. The fourth-order valence-electron chi connectivity index (χ4n) is 5.32. The number of fused-ring (bicyclic) bond motifs is 1. The quantitative estimate of drug-likeness (QED) is 0.236. The summed E-state index contributed by atoms with van der Waals surface area (Å²) in [4.78, 5) is 58.8. The molecule has 0 saturated heterocycles. The molecule has 1 aliphatic rings. The summed E-state index contributed by atoms with van der Waals surface area (Å²) in [6, 6.07) is 30.1. The number of rotatable bonds is 10. The van der Waals surface area contributed by atoms with Crippen LogP contribution in [0.15, 0.2) is 103 Å². The average molecular weight is 589 g/mol. The number of carbonyl (C=O) groups is 4. The molecule has 0 radical (unpaired) electrons. The zero-order valence-corrected chi connectivity index (χ0v) is 25.4. The molecule has 1 atom stereocenters. The van der Waals surface area contributed by atoms with Crippen LogP contribution in [0.25, 0.3) is 0 Å². The number of para-hydroxylation sites is 1. The third-order valence-electron chi connectivity index (χ3n) is 7.82. The minimum atomic E-state index is -1.03. The maximum Gasteiger partial charge on any atom is 0.299 e. The second-order valence-corrected chi connectivity index (χ2v) is 11.4. The lowest BCUT2D eigenvalue weighted by Crippen LogP contribution is -2.46. The number of hydrogen-bond acceptors (Lipinski definition) is 5. The van der Waals surface area contributed by atoms with E-state index in [1.165, 1.54) is 9.80 Å². The monoisotopic (exact) mass is 588 g/mol. The molecular weight excluding hydrogens is 552 g/mol. The van der Waals surface area contributed by atoms with E-state index in [0.29, 0.717) is 16.9 Å². The minimum Gasteiger partial charge on any atom is -0.378 e. The van der Waals surface area contributed by atoms with Crippen molar-refractivity contribution in [3.63, 3.8) is 0 Å². The molecule has 0 bridgehead atoms. The van der Waals surface area contributed by atoms with Gasteiger partial charge in [-0.2, -0.15) is 0 Å². The first-order chi connectivity index (χ1) is 21.1. The summed E-state index contributed by atoms with van der Waals surface area (Å²) in [7, 11) is 3.88. The van der Waals surface area contributed by atoms with Crippen LogP contribution in [0.2, 0.25) is 0 Å². The van der Waals surface area contributed by atoms with Gasteiger partial charge in [-0.1, -0.05) is 80.6 Å². The normalized spacial score (nSPS) is 13.1. The molecule has 1 aliphatic heterocycles. The van der Waals surface area contributed by atoms with Crippen molar-refractivity contribution < 1.29 is 19.2 Å². The molecule has 44 heavy (non-hydrogen) atoms. The number of nitrogens with zero attached hydrogens (tertiary/aromatic N) is 3. The molecule has 1 unspecified atom stereocenters. The van der Waals surface area contributed by atoms with Gasteiger partial charge in [0.1, 0.15) is 12.6 Å². The Hall–Kier alpha value is -5.24. The Morgan fingerprint density at radius 2 is 1.39 bits per heavy atom. The van der Waals surface area contributed by atoms with E-state index in [9.17, 15) is 19.2 Å². The first-order valence-electron chi connectivity index (χ1n) is 14.6. The van der Waals surface area contributed by atoms with Crippen LogP contribution in [0, 0.1) is 0 Å². The third kappa shape index (κ3) is 6.39. The number of benzene rings is 4. The molecule has 8 heteroatoms. The maximum absolute atomic E-state index is 14.3. The van der Waals surface area contributed by atoms with Crippen LogP contribution in [-0.2, 0) is 20.9 Å². The molecule has 4 aromatic carbocycles. The van der Waals surface area contributed by atoms with Crippen molar-refractivity contribution in [2.75, 3.05) is 35.8 Å². The molecule has 1 heterocycles. The standard InChI is InChI=1S/C36H36N4O4/c1-24(2)26-14-16-27(17-15-26)33(35(43)37-28-18-20-29(21-19-28)38(3)4)40(22-25-10-6-5-7-11-25)32(41)23-39-31-13-9-8-12-30(31)34(42)36(39)44/h5-21,24,33H,22-23H2,1-4H3,(H,37,43). The summed E-state index contributed by atoms with van der Waals surface area (Å²) in [5.41, 5.74) is 4.77. The van der Waals surface area contributed by atoms with E-state index in [-0.39, 0.29) is 24.6 Å². The Bertz CT molecular complexity index is 1660. The second-order valence-electron chi connectivity index (χ2n) is 11.4. The van der Waals surface area contributed by atoms with Gasteiger partial charge in [0.05, 0.1) is 11.3 Å². The van der Waals surface area contributed by atoms with Crippen LogP contribution in [0.3, 0.4) is 0 Å². The maximum atomic E-state index is 14.3. The fraction of sp³-hybridized carbons (Fsp3) is 0.222. The Morgan fingerprint density at radius 3 is 2.02 bits per heavy atom. The van der Waals surface area contributed by atoms with Crippen LogP contribution in [-0.4, -0.2) is 49.0 Å². The highest BCUT2D eigenvalue weighted by Crippen LogP contribution is 2.31. The Labute approximate surface area is 257 Å². The lowest BCUT2D eigenvalue weighted by atomic mass is 9.97. The van der Waals surface area contributed by atoms with Gasteiger partial charge in [0, 0.05) is 32.0 Å². The number of ketones is 1. The summed E-state index contributed by atoms with van der Waals surface area (Å²) < 4.78 is 0. The Kier molecular flexibility index (Phi) is 8.90. The van der Waals surface area contributed by atoms with Crippen molar-refractivity contribution >= 4 is 40.6 Å². The summed E-state index contributed by atoms with van der Waals surface area (Å²) in [6.45, 7) is 3.91. The molecule has 0 saturated carbocycles. The van der Waals surface area contributed by atoms with Gasteiger partial charge in [0.15, 0.2) is 0 Å². The zero-order chi connectivity index (χ0) is 31.4. The predicted molar refractivity (Wildman–Crippen MR) is 173 cm³/mol. The van der Waals surface area contributed by atoms with Crippen molar-refractivity contribution in [1.82, 2.24) is 4.90 Å². The molecule has 1 N–H and O–H groups in total. The van der Waals surface area contributed by atoms with Crippen LogP contribution in [0.1, 0.15) is 52.9 Å². The number of carbonyl (C=O) groups excluding carboxylic acids is 4. The van der Waals surface area contributed by atoms with Gasteiger partial charge in [-0.3, -0.25) is 24.1 Å². The van der Waals surface area contributed by atoms with E-state index < -0.39 is 29.5 Å². The number of anilines is 3. The van der Waals surface area contributed by atoms with E-state index in [0.717, 1.165) is 16.8 Å².